The molecule has 2 aromatic heterocycles. The highest BCUT2D eigenvalue weighted by Crippen LogP contribution is 2.15. The molecule has 0 aromatic carbocycles. The molecule has 2 heterocycles. The van der Waals surface area contributed by atoms with Crippen LogP contribution < -0.4 is 11.1 Å². The van der Waals surface area contributed by atoms with E-state index in [-0.39, 0.29) is 0 Å². The van der Waals surface area contributed by atoms with Gasteiger partial charge in [0.15, 0.2) is 0 Å². The number of rotatable bonds is 3. The van der Waals surface area contributed by atoms with Gasteiger partial charge in [-0.3, -0.25) is 0 Å². The van der Waals surface area contributed by atoms with Crippen molar-refractivity contribution in [3.05, 3.63) is 34.4 Å². The van der Waals surface area contributed by atoms with E-state index in [1.54, 1.807) is 23.6 Å². The van der Waals surface area contributed by atoms with Gasteiger partial charge in [-0.05, 0) is 19.1 Å². The highest BCUT2D eigenvalue weighted by atomic mass is 32.1. The van der Waals surface area contributed by atoms with Gasteiger partial charge in [-0.1, -0.05) is 0 Å². The van der Waals surface area contributed by atoms with Gasteiger partial charge in [0.1, 0.15) is 5.82 Å². The predicted octanol–water partition coefficient (Wildman–Crippen LogP) is 2.04. The van der Waals surface area contributed by atoms with Crippen LogP contribution in [0.5, 0.6) is 0 Å². The van der Waals surface area contributed by atoms with Crippen molar-refractivity contribution >= 4 is 22.8 Å². The lowest BCUT2D eigenvalue weighted by atomic mass is 10.3. The van der Waals surface area contributed by atoms with Crippen LogP contribution in [0.4, 0.5) is 11.5 Å². The number of anilines is 2. The first-order valence-electron chi connectivity index (χ1n) is 4.60. The fourth-order valence-electron chi connectivity index (χ4n) is 1.19. The van der Waals surface area contributed by atoms with Gasteiger partial charge in [-0.15, -0.1) is 11.3 Å². The molecule has 0 bridgehead atoms. The van der Waals surface area contributed by atoms with Gasteiger partial charge < -0.3 is 11.1 Å². The third-order valence-electron chi connectivity index (χ3n) is 2.08. The Kier molecular flexibility index (Phi) is 2.82. The molecule has 0 radical (unpaired) electrons. The van der Waals surface area contributed by atoms with Crippen molar-refractivity contribution in [3.63, 3.8) is 0 Å². The second-order valence-electron chi connectivity index (χ2n) is 3.19. The van der Waals surface area contributed by atoms with Crippen LogP contribution in [0.2, 0.25) is 0 Å². The van der Waals surface area contributed by atoms with Gasteiger partial charge in [-0.25, -0.2) is 9.97 Å². The summed E-state index contributed by atoms with van der Waals surface area (Å²) in [5, 5.41) is 3.27. The van der Waals surface area contributed by atoms with E-state index in [9.17, 15) is 0 Å². The monoisotopic (exact) mass is 220 g/mol. The van der Waals surface area contributed by atoms with Crippen LogP contribution in [-0.2, 0) is 6.54 Å². The Morgan fingerprint density at radius 2 is 2.27 bits per heavy atom. The number of nitrogen functional groups attached to an aromatic ring is 1. The quantitative estimate of drug-likeness (QED) is 0.830. The van der Waals surface area contributed by atoms with Crippen molar-refractivity contribution in [1.29, 1.82) is 0 Å². The minimum Gasteiger partial charge on any atom is -0.384 e. The predicted molar refractivity (Wildman–Crippen MR) is 62.8 cm³/mol. The van der Waals surface area contributed by atoms with Crippen LogP contribution in [0.3, 0.4) is 0 Å². The Bertz CT molecular complexity index is 435. The molecule has 0 saturated heterocycles. The van der Waals surface area contributed by atoms with E-state index in [1.807, 2.05) is 18.5 Å². The summed E-state index contributed by atoms with van der Waals surface area (Å²) in [6.07, 6.45) is 1.73. The van der Waals surface area contributed by atoms with Crippen LogP contribution in [0.1, 0.15) is 10.6 Å². The molecule has 4 nitrogen and oxygen atoms in total. The molecule has 0 atom stereocenters. The fourth-order valence-corrected chi connectivity index (χ4v) is 1.90. The van der Waals surface area contributed by atoms with E-state index in [4.69, 9.17) is 5.73 Å². The Balaban J connectivity index is 1.99. The molecule has 0 amide bonds. The zero-order valence-electron chi connectivity index (χ0n) is 8.40. The van der Waals surface area contributed by atoms with Gasteiger partial charge in [-0.2, -0.15) is 0 Å². The number of nitrogens with one attached hydrogen (secondary N) is 1. The number of pyridine rings is 1. The molecule has 0 aliphatic carbocycles. The van der Waals surface area contributed by atoms with Gasteiger partial charge in [0.25, 0.3) is 0 Å². The molecule has 0 fully saturated rings. The summed E-state index contributed by atoms with van der Waals surface area (Å²) in [6.45, 7) is 2.79. The summed E-state index contributed by atoms with van der Waals surface area (Å²) in [5.74, 6) is 0.537. The molecular weight excluding hydrogens is 208 g/mol. The summed E-state index contributed by atoms with van der Waals surface area (Å²) in [7, 11) is 0. The van der Waals surface area contributed by atoms with Crippen molar-refractivity contribution in [2.75, 3.05) is 11.1 Å². The molecule has 0 aliphatic heterocycles. The number of hydrogen-bond acceptors (Lipinski definition) is 5. The summed E-state index contributed by atoms with van der Waals surface area (Å²) in [6, 6.07) is 3.70. The van der Waals surface area contributed by atoms with Crippen LogP contribution in [-0.4, -0.2) is 9.97 Å². The standard InChI is InChI=1S/C10H12N4S/c1-7-9(15-6-14-7)5-12-8-2-3-10(11)13-4-8/h2-4,6,12H,5H2,1H3,(H2,11,13). The number of thiazole rings is 1. The number of nitrogens with two attached hydrogens (primary N) is 1. The van der Waals surface area contributed by atoms with Crippen LogP contribution >= 0.6 is 11.3 Å². The summed E-state index contributed by atoms with van der Waals surface area (Å²) in [5.41, 5.74) is 9.40. The molecule has 0 spiro atoms. The minimum atomic E-state index is 0.537. The van der Waals surface area contributed by atoms with Crippen molar-refractivity contribution in [2.45, 2.75) is 13.5 Å². The lowest BCUT2D eigenvalue weighted by Gasteiger charge is -2.04. The van der Waals surface area contributed by atoms with Crippen molar-refractivity contribution < 1.29 is 0 Å². The number of aryl methyl sites for hydroxylation is 1. The van der Waals surface area contributed by atoms with Gasteiger partial charge in [0.2, 0.25) is 0 Å². The van der Waals surface area contributed by atoms with Crippen LogP contribution in [0.15, 0.2) is 23.8 Å². The zero-order valence-corrected chi connectivity index (χ0v) is 9.21. The summed E-state index contributed by atoms with van der Waals surface area (Å²) in [4.78, 5) is 9.43. The largest absolute Gasteiger partial charge is 0.384 e. The maximum Gasteiger partial charge on any atom is 0.123 e. The third kappa shape index (κ3) is 2.44. The second-order valence-corrected chi connectivity index (χ2v) is 4.13. The third-order valence-corrected chi connectivity index (χ3v) is 3.02. The summed E-state index contributed by atoms with van der Waals surface area (Å²) >= 11 is 1.65. The lowest BCUT2D eigenvalue weighted by Crippen LogP contribution is -2.00. The first kappa shape index (κ1) is 9.92. The molecule has 2 rings (SSSR count). The Labute approximate surface area is 92.2 Å². The van der Waals surface area contributed by atoms with Crippen molar-refractivity contribution in [2.24, 2.45) is 0 Å². The first-order valence-corrected chi connectivity index (χ1v) is 5.48. The van der Waals surface area contributed by atoms with E-state index in [1.165, 1.54) is 4.88 Å². The van der Waals surface area contributed by atoms with E-state index in [0.717, 1.165) is 17.9 Å². The maximum absolute atomic E-state index is 5.49. The Hall–Kier alpha value is -1.62. The first-order chi connectivity index (χ1) is 7.25. The molecule has 15 heavy (non-hydrogen) atoms. The SMILES string of the molecule is Cc1ncsc1CNc1ccc(N)nc1. The highest BCUT2D eigenvalue weighted by Gasteiger charge is 2.00. The number of hydrogen-bond donors (Lipinski definition) is 2. The van der Waals surface area contributed by atoms with Crippen LogP contribution in [0, 0.1) is 6.92 Å². The maximum atomic E-state index is 5.49. The second kappa shape index (κ2) is 4.27. The van der Waals surface area contributed by atoms with E-state index in [2.05, 4.69) is 15.3 Å². The molecule has 78 valence electrons. The smallest absolute Gasteiger partial charge is 0.123 e. The van der Waals surface area contributed by atoms with Crippen molar-refractivity contribution in [3.8, 4) is 0 Å². The molecule has 0 unspecified atom stereocenters. The molecule has 3 N–H and O–H groups in total. The average molecular weight is 220 g/mol. The van der Waals surface area contributed by atoms with Crippen LogP contribution in [0.25, 0.3) is 0 Å². The lowest BCUT2D eigenvalue weighted by molar-refractivity contribution is 1.11. The minimum absolute atomic E-state index is 0.537. The Morgan fingerprint density at radius 1 is 1.40 bits per heavy atom. The molecule has 0 saturated carbocycles. The van der Waals surface area contributed by atoms with Crippen molar-refractivity contribution in [1.82, 2.24) is 9.97 Å². The van der Waals surface area contributed by atoms with E-state index >= 15 is 0 Å². The van der Waals surface area contributed by atoms with Gasteiger partial charge in [0, 0.05) is 4.88 Å². The average Bonchev–Trinajstić information content (AvgIpc) is 2.63. The molecule has 0 aliphatic rings. The number of aromatic nitrogens is 2. The topological polar surface area (TPSA) is 63.8 Å². The normalized spacial score (nSPS) is 10.2. The van der Waals surface area contributed by atoms with E-state index < -0.39 is 0 Å². The number of nitrogens with zero attached hydrogens (tertiary/aromatic N) is 2. The highest BCUT2D eigenvalue weighted by molar-refractivity contribution is 7.09. The Morgan fingerprint density at radius 3 is 2.87 bits per heavy atom. The van der Waals surface area contributed by atoms with E-state index in [0.29, 0.717) is 5.82 Å². The molecule has 2 aromatic rings. The van der Waals surface area contributed by atoms with Gasteiger partial charge in [0.05, 0.1) is 29.6 Å². The molecule has 5 heteroatoms. The molecular formula is C10H12N4S. The summed E-state index contributed by atoms with van der Waals surface area (Å²) < 4.78 is 0. The fraction of sp³-hybridized carbons (Fsp3) is 0.200. The van der Waals surface area contributed by atoms with Gasteiger partial charge >= 0.3 is 0 Å². The zero-order chi connectivity index (χ0) is 10.7.